The predicted octanol–water partition coefficient (Wildman–Crippen LogP) is 1.52. The summed E-state index contributed by atoms with van der Waals surface area (Å²) in [5, 5.41) is 0. The molecule has 1 fully saturated rings. The Bertz CT molecular complexity index is 465. The van der Waals surface area contributed by atoms with Gasteiger partial charge in [-0.15, -0.1) is 0 Å². The average molecular weight is 231 g/mol. The Morgan fingerprint density at radius 3 is 2.71 bits per heavy atom. The lowest BCUT2D eigenvalue weighted by Crippen LogP contribution is -2.24. The van der Waals surface area contributed by atoms with Crippen LogP contribution in [0.25, 0.3) is 0 Å². The van der Waals surface area contributed by atoms with E-state index in [-0.39, 0.29) is 5.91 Å². The van der Waals surface area contributed by atoms with Gasteiger partial charge < -0.3 is 9.64 Å². The van der Waals surface area contributed by atoms with Gasteiger partial charge in [0.1, 0.15) is 0 Å². The third kappa shape index (κ3) is 2.36. The lowest BCUT2D eigenvalue weighted by molar-refractivity contribution is -0.135. The van der Waals surface area contributed by atoms with Gasteiger partial charge in [-0.2, -0.15) is 0 Å². The maximum absolute atomic E-state index is 12.0. The number of anilines is 1. The molecule has 0 saturated carbocycles. The molecule has 0 N–H and O–H groups in total. The number of nitrogens with zero attached hydrogens (tertiary/aromatic N) is 1. The van der Waals surface area contributed by atoms with Crippen molar-refractivity contribution in [3.8, 4) is 0 Å². The second-order valence-corrected chi connectivity index (χ2v) is 3.74. The quantitative estimate of drug-likeness (QED) is 0.572. The van der Waals surface area contributed by atoms with Crippen molar-refractivity contribution in [2.75, 3.05) is 18.6 Å². The third-order valence-electron chi connectivity index (χ3n) is 2.69. The largest absolute Gasteiger partial charge is 0.466 e. The molecule has 1 amide bonds. The normalized spacial score (nSPS) is 17.6. The number of methoxy groups -OCH3 is 1. The van der Waals surface area contributed by atoms with E-state index in [4.69, 9.17) is 0 Å². The van der Waals surface area contributed by atoms with E-state index in [0.717, 1.165) is 5.69 Å². The predicted molar refractivity (Wildman–Crippen MR) is 63.5 cm³/mol. The Morgan fingerprint density at radius 2 is 2.06 bits per heavy atom. The molecule has 1 aromatic carbocycles. The first-order chi connectivity index (χ1) is 8.22. The van der Waals surface area contributed by atoms with Gasteiger partial charge in [0.25, 0.3) is 5.91 Å². The second-order valence-electron chi connectivity index (χ2n) is 3.74. The molecule has 17 heavy (non-hydrogen) atoms. The second kappa shape index (κ2) is 4.82. The number of amides is 1. The van der Waals surface area contributed by atoms with Crippen LogP contribution in [0.1, 0.15) is 6.42 Å². The fraction of sp³-hybridized carbons (Fsp3) is 0.231. The molecule has 88 valence electrons. The van der Waals surface area contributed by atoms with Gasteiger partial charge in [0, 0.05) is 23.9 Å². The van der Waals surface area contributed by atoms with Crippen LogP contribution >= 0.6 is 0 Å². The molecule has 1 heterocycles. The monoisotopic (exact) mass is 231 g/mol. The molecular formula is C13H13NO3. The summed E-state index contributed by atoms with van der Waals surface area (Å²) < 4.78 is 4.52. The van der Waals surface area contributed by atoms with E-state index in [2.05, 4.69) is 4.74 Å². The number of hydrogen-bond acceptors (Lipinski definition) is 3. The first-order valence-electron chi connectivity index (χ1n) is 5.38. The maximum atomic E-state index is 12.0. The van der Waals surface area contributed by atoms with Crippen molar-refractivity contribution in [1.82, 2.24) is 0 Å². The van der Waals surface area contributed by atoms with Gasteiger partial charge >= 0.3 is 5.97 Å². The number of ether oxygens (including phenoxy) is 1. The summed E-state index contributed by atoms with van der Waals surface area (Å²) in [7, 11) is 1.30. The number of carbonyl (C=O) groups excluding carboxylic acids is 2. The molecule has 1 saturated heterocycles. The van der Waals surface area contributed by atoms with Gasteiger partial charge in [0.05, 0.1) is 7.11 Å². The minimum Gasteiger partial charge on any atom is -0.466 e. The van der Waals surface area contributed by atoms with E-state index < -0.39 is 5.97 Å². The molecule has 0 radical (unpaired) electrons. The van der Waals surface area contributed by atoms with Gasteiger partial charge in [0.15, 0.2) is 0 Å². The van der Waals surface area contributed by atoms with Crippen LogP contribution in [0, 0.1) is 0 Å². The van der Waals surface area contributed by atoms with Crippen molar-refractivity contribution in [1.29, 1.82) is 0 Å². The van der Waals surface area contributed by atoms with E-state index in [1.807, 2.05) is 30.3 Å². The Balaban J connectivity index is 2.19. The highest BCUT2D eigenvalue weighted by Gasteiger charge is 2.27. The van der Waals surface area contributed by atoms with Crippen LogP contribution in [0.15, 0.2) is 42.0 Å². The number of hydrogen-bond donors (Lipinski definition) is 0. The highest BCUT2D eigenvalue weighted by atomic mass is 16.5. The molecule has 0 atom stereocenters. The Kier molecular flexibility index (Phi) is 3.23. The fourth-order valence-corrected chi connectivity index (χ4v) is 1.80. The van der Waals surface area contributed by atoms with Gasteiger partial charge in [-0.05, 0) is 18.6 Å². The number of carbonyl (C=O) groups is 2. The minimum absolute atomic E-state index is 0.124. The lowest BCUT2D eigenvalue weighted by atomic mass is 10.2. The van der Waals surface area contributed by atoms with Crippen LogP contribution in [-0.4, -0.2) is 25.5 Å². The standard InChI is InChI=1S/C13H13NO3/c1-17-12(15)9-10-7-8-14(13(10)16)11-5-3-2-4-6-11/h2-6,9H,7-8H2,1H3/b10-9-. The summed E-state index contributed by atoms with van der Waals surface area (Å²) in [6.45, 7) is 0.603. The molecule has 1 aliphatic heterocycles. The van der Waals surface area contributed by atoms with Crippen molar-refractivity contribution < 1.29 is 14.3 Å². The van der Waals surface area contributed by atoms with E-state index in [9.17, 15) is 9.59 Å². The van der Waals surface area contributed by atoms with Gasteiger partial charge in [0.2, 0.25) is 0 Å². The van der Waals surface area contributed by atoms with E-state index in [0.29, 0.717) is 18.5 Å². The topological polar surface area (TPSA) is 46.6 Å². The zero-order chi connectivity index (χ0) is 12.3. The number of rotatable bonds is 2. The van der Waals surface area contributed by atoms with Crippen LogP contribution in [0.5, 0.6) is 0 Å². The van der Waals surface area contributed by atoms with Gasteiger partial charge in [-0.25, -0.2) is 4.79 Å². The maximum Gasteiger partial charge on any atom is 0.330 e. The summed E-state index contributed by atoms with van der Waals surface area (Å²) >= 11 is 0. The fourth-order valence-electron chi connectivity index (χ4n) is 1.80. The molecule has 2 rings (SSSR count). The minimum atomic E-state index is -0.483. The summed E-state index contributed by atoms with van der Waals surface area (Å²) in [5.41, 5.74) is 1.35. The van der Waals surface area contributed by atoms with Crippen LogP contribution in [0.3, 0.4) is 0 Å². The first-order valence-corrected chi connectivity index (χ1v) is 5.38. The molecule has 0 unspecified atom stereocenters. The van der Waals surface area contributed by atoms with E-state index >= 15 is 0 Å². The molecule has 0 spiro atoms. The molecule has 1 aliphatic rings. The Morgan fingerprint density at radius 1 is 1.35 bits per heavy atom. The van der Waals surface area contributed by atoms with Crippen LogP contribution in [-0.2, 0) is 14.3 Å². The molecule has 4 heteroatoms. The SMILES string of the molecule is COC(=O)/C=C1/CCN(c2ccccc2)C1=O. The van der Waals surface area contributed by atoms with Crippen molar-refractivity contribution in [2.45, 2.75) is 6.42 Å². The molecule has 1 aromatic rings. The highest BCUT2D eigenvalue weighted by molar-refractivity contribution is 6.10. The first kappa shape index (κ1) is 11.4. The van der Waals surface area contributed by atoms with E-state index in [1.54, 1.807) is 4.90 Å². The number of para-hydroxylation sites is 1. The number of benzene rings is 1. The zero-order valence-corrected chi connectivity index (χ0v) is 9.55. The Labute approximate surface area is 99.5 Å². The summed E-state index contributed by atoms with van der Waals surface area (Å²) in [5.74, 6) is -0.607. The summed E-state index contributed by atoms with van der Waals surface area (Å²) in [6.07, 6.45) is 1.84. The summed E-state index contributed by atoms with van der Waals surface area (Å²) in [4.78, 5) is 24.8. The molecule has 0 aliphatic carbocycles. The van der Waals surface area contributed by atoms with E-state index in [1.165, 1.54) is 13.2 Å². The highest BCUT2D eigenvalue weighted by Crippen LogP contribution is 2.24. The van der Waals surface area contributed by atoms with Crippen molar-refractivity contribution in [3.63, 3.8) is 0 Å². The number of esters is 1. The average Bonchev–Trinajstić information content (AvgIpc) is 2.72. The zero-order valence-electron chi connectivity index (χ0n) is 9.55. The van der Waals surface area contributed by atoms with Crippen molar-refractivity contribution in [3.05, 3.63) is 42.0 Å². The van der Waals surface area contributed by atoms with Crippen LogP contribution in [0.2, 0.25) is 0 Å². The lowest BCUT2D eigenvalue weighted by Gasteiger charge is -2.14. The van der Waals surface area contributed by atoms with Gasteiger partial charge in [-0.1, -0.05) is 18.2 Å². The smallest absolute Gasteiger partial charge is 0.330 e. The van der Waals surface area contributed by atoms with Crippen molar-refractivity contribution >= 4 is 17.6 Å². The van der Waals surface area contributed by atoms with Gasteiger partial charge in [-0.3, -0.25) is 4.79 Å². The van der Waals surface area contributed by atoms with Crippen LogP contribution < -0.4 is 4.90 Å². The Hall–Kier alpha value is -2.10. The molecule has 4 nitrogen and oxygen atoms in total. The van der Waals surface area contributed by atoms with Crippen molar-refractivity contribution in [2.24, 2.45) is 0 Å². The van der Waals surface area contributed by atoms with Crippen LogP contribution in [0.4, 0.5) is 5.69 Å². The molecule has 0 bridgehead atoms. The molecule has 0 aromatic heterocycles. The summed E-state index contributed by atoms with van der Waals surface area (Å²) in [6, 6.07) is 9.41. The molecular weight excluding hydrogens is 218 g/mol. The third-order valence-corrected chi connectivity index (χ3v) is 2.69.